The number of anilines is 1. The molecule has 0 atom stereocenters. The molecule has 0 aliphatic heterocycles. The lowest BCUT2D eigenvalue weighted by atomic mass is 10.1. The van der Waals surface area contributed by atoms with E-state index in [2.05, 4.69) is 35.4 Å². The summed E-state index contributed by atoms with van der Waals surface area (Å²) >= 11 is 1.72. The molecule has 0 bridgehead atoms. The molecule has 0 spiro atoms. The molecule has 216 valence electrons. The van der Waals surface area contributed by atoms with Crippen molar-refractivity contribution in [2.75, 3.05) is 11.9 Å². The van der Waals surface area contributed by atoms with E-state index < -0.39 is 0 Å². The maximum atomic E-state index is 13.1. The molecule has 0 aliphatic rings. The van der Waals surface area contributed by atoms with Crippen LogP contribution in [0.2, 0.25) is 0 Å². The van der Waals surface area contributed by atoms with Crippen LogP contribution in [-0.2, 0) is 6.54 Å². The molecule has 1 aromatic heterocycles. The van der Waals surface area contributed by atoms with Crippen LogP contribution >= 0.6 is 11.3 Å². The zero-order valence-electron chi connectivity index (χ0n) is 24.7. The van der Waals surface area contributed by atoms with Crippen LogP contribution in [0.3, 0.4) is 0 Å². The van der Waals surface area contributed by atoms with Gasteiger partial charge in [-0.2, -0.15) is 4.57 Å². The lowest BCUT2D eigenvalue weighted by Crippen LogP contribution is -2.30. The molecular weight excluding hydrogens is 516 g/mol. The second kappa shape index (κ2) is 17.6. The van der Waals surface area contributed by atoms with Gasteiger partial charge < -0.3 is 10.1 Å². The fourth-order valence-corrected chi connectivity index (χ4v) is 5.51. The van der Waals surface area contributed by atoms with Gasteiger partial charge in [-0.3, -0.25) is 9.59 Å². The molecule has 0 saturated heterocycles. The molecule has 1 amide bonds. The van der Waals surface area contributed by atoms with Crippen LogP contribution < -0.4 is 14.6 Å². The van der Waals surface area contributed by atoms with E-state index in [0.29, 0.717) is 29.2 Å². The molecule has 3 rings (SSSR count). The molecule has 0 saturated carbocycles. The van der Waals surface area contributed by atoms with Gasteiger partial charge in [-0.25, -0.2) is 0 Å². The number of aryl methyl sites for hydroxylation is 1. The molecular formula is C34H47N2O3S+. The van der Waals surface area contributed by atoms with Crippen molar-refractivity contribution in [1.29, 1.82) is 0 Å². The van der Waals surface area contributed by atoms with Gasteiger partial charge in [0.2, 0.25) is 5.51 Å². The van der Waals surface area contributed by atoms with Crippen molar-refractivity contribution in [1.82, 2.24) is 0 Å². The quantitative estimate of drug-likeness (QED) is 0.0900. The minimum atomic E-state index is -0.221. The molecule has 1 heterocycles. The lowest BCUT2D eigenvalue weighted by molar-refractivity contribution is -0.683. The zero-order valence-corrected chi connectivity index (χ0v) is 25.5. The van der Waals surface area contributed by atoms with Crippen LogP contribution in [0.5, 0.6) is 5.75 Å². The topological polar surface area (TPSA) is 59.3 Å². The van der Waals surface area contributed by atoms with E-state index in [-0.39, 0.29) is 11.7 Å². The van der Waals surface area contributed by atoms with E-state index in [9.17, 15) is 9.59 Å². The summed E-state index contributed by atoms with van der Waals surface area (Å²) in [5.41, 5.74) is 4.82. The minimum absolute atomic E-state index is 0.0775. The van der Waals surface area contributed by atoms with E-state index in [1.807, 2.05) is 24.3 Å². The number of rotatable bonds is 19. The van der Waals surface area contributed by atoms with Crippen molar-refractivity contribution in [3.05, 3.63) is 75.7 Å². The number of carbonyl (C=O) groups excluding carboxylic acids is 2. The summed E-state index contributed by atoms with van der Waals surface area (Å²) in [5.74, 6) is 0.167. The summed E-state index contributed by atoms with van der Waals surface area (Å²) in [4.78, 5) is 26.6. The van der Waals surface area contributed by atoms with Gasteiger partial charge >= 0.3 is 0 Å². The number of nitrogens with one attached hydrogen (secondary N) is 1. The van der Waals surface area contributed by atoms with E-state index in [0.717, 1.165) is 24.9 Å². The van der Waals surface area contributed by atoms with Crippen molar-refractivity contribution in [2.45, 2.75) is 104 Å². The second-order valence-corrected chi connectivity index (χ2v) is 11.9. The number of aromatic nitrogens is 1. The number of ether oxygens (including phenoxy) is 1. The van der Waals surface area contributed by atoms with Crippen molar-refractivity contribution in [3.63, 3.8) is 0 Å². The Morgan fingerprint density at radius 3 is 2.05 bits per heavy atom. The third-order valence-corrected chi connectivity index (χ3v) is 8.04. The Hall–Kier alpha value is -2.99. The first kappa shape index (κ1) is 31.5. The molecule has 0 fully saturated rings. The van der Waals surface area contributed by atoms with E-state index in [1.54, 1.807) is 29.5 Å². The Morgan fingerprint density at radius 1 is 0.850 bits per heavy atom. The van der Waals surface area contributed by atoms with Crippen molar-refractivity contribution in [2.24, 2.45) is 0 Å². The highest BCUT2D eigenvalue weighted by Gasteiger charge is 2.16. The Morgan fingerprint density at radius 2 is 1.48 bits per heavy atom. The zero-order chi connectivity index (χ0) is 28.6. The van der Waals surface area contributed by atoms with E-state index in [4.69, 9.17) is 4.74 Å². The Balaban J connectivity index is 1.45. The largest absolute Gasteiger partial charge is 0.491 e. The lowest BCUT2D eigenvalue weighted by Gasteiger charge is -2.15. The number of para-hydroxylation sites is 1. The summed E-state index contributed by atoms with van der Waals surface area (Å²) in [6.07, 6.45) is 17.5. The van der Waals surface area contributed by atoms with Crippen LogP contribution in [0.15, 0.2) is 54.2 Å². The van der Waals surface area contributed by atoms with Gasteiger partial charge in [0.1, 0.15) is 0 Å². The predicted molar refractivity (Wildman–Crippen MR) is 166 cm³/mol. The average molecular weight is 564 g/mol. The standard InChI is InChI=1S/C34H46N2O3S/c1-4-5-6-7-8-9-10-11-12-13-14-15-23-39-33-31(28(3)37)17-16-18-32(33)35-34(38)30-21-19-29(20-22-30)25-36-24-27(2)40-26-36/h16-22,24,26H,4-15,23,25H2,1-3H3/p+1. The molecule has 40 heavy (non-hydrogen) atoms. The predicted octanol–water partition coefficient (Wildman–Crippen LogP) is 8.93. The molecule has 1 N–H and O–H groups in total. The van der Waals surface area contributed by atoms with Gasteiger partial charge in [0, 0.05) is 11.1 Å². The summed E-state index contributed by atoms with van der Waals surface area (Å²) < 4.78 is 8.25. The highest BCUT2D eigenvalue weighted by atomic mass is 32.1. The number of hydrogen-bond donors (Lipinski definition) is 1. The van der Waals surface area contributed by atoms with Gasteiger partial charge in [0.15, 0.2) is 24.3 Å². The number of ketones is 1. The number of thiazole rings is 1. The Kier molecular flexibility index (Phi) is 13.9. The summed E-state index contributed by atoms with van der Waals surface area (Å²) in [6, 6.07) is 13.0. The van der Waals surface area contributed by atoms with Gasteiger partial charge in [0.05, 0.1) is 22.7 Å². The maximum absolute atomic E-state index is 13.1. The number of hydrogen-bond acceptors (Lipinski definition) is 4. The SMILES string of the molecule is CCCCCCCCCCCCCCOc1c(NC(=O)c2ccc(C[n+]3csc(C)c3)cc2)cccc1C(C)=O. The first-order chi connectivity index (χ1) is 19.5. The first-order valence-corrected chi connectivity index (χ1v) is 16.0. The smallest absolute Gasteiger partial charge is 0.255 e. The Bertz CT molecular complexity index is 1190. The van der Waals surface area contributed by atoms with Gasteiger partial charge in [-0.1, -0.05) is 107 Å². The van der Waals surface area contributed by atoms with Gasteiger partial charge in [0.25, 0.3) is 5.91 Å². The Labute approximate surface area is 245 Å². The number of carbonyl (C=O) groups is 2. The van der Waals surface area contributed by atoms with Crippen LogP contribution in [-0.4, -0.2) is 18.3 Å². The third-order valence-electron chi connectivity index (χ3n) is 7.19. The van der Waals surface area contributed by atoms with Crippen LogP contribution in [0.1, 0.15) is 122 Å². The number of Topliss-reactive ketones (excluding diaryl/α,β-unsaturated/α-hetero) is 1. The summed E-state index contributed by atoms with van der Waals surface area (Å²) in [7, 11) is 0. The summed E-state index contributed by atoms with van der Waals surface area (Å²) in [6.45, 7) is 7.18. The molecule has 0 aliphatic carbocycles. The van der Waals surface area contributed by atoms with Crippen LogP contribution in [0, 0.1) is 6.92 Å². The molecule has 0 radical (unpaired) electrons. The third kappa shape index (κ3) is 10.9. The molecule has 6 heteroatoms. The maximum Gasteiger partial charge on any atom is 0.255 e. The average Bonchev–Trinajstić information content (AvgIpc) is 3.36. The monoisotopic (exact) mass is 563 g/mol. The fraction of sp³-hybridized carbons (Fsp3) is 0.500. The van der Waals surface area contributed by atoms with E-state index >= 15 is 0 Å². The first-order valence-electron chi connectivity index (χ1n) is 15.1. The van der Waals surface area contributed by atoms with Crippen molar-refractivity contribution >= 4 is 28.7 Å². The molecule has 5 nitrogen and oxygen atoms in total. The van der Waals surface area contributed by atoms with Crippen LogP contribution in [0.25, 0.3) is 0 Å². The second-order valence-electron chi connectivity index (χ2n) is 10.8. The fourth-order valence-electron chi connectivity index (χ4n) is 4.88. The van der Waals surface area contributed by atoms with Crippen LogP contribution in [0.4, 0.5) is 5.69 Å². The molecule has 2 aromatic carbocycles. The summed E-state index contributed by atoms with van der Waals surface area (Å²) in [5, 5.41) is 2.97. The minimum Gasteiger partial charge on any atom is -0.491 e. The van der Waals surface area contributed by atoms with Crippen molar-refractivity contribution < 1.29 is 18.9 Å². The van der Waals surface area contributed by atoms with E-state index in [1.165, 1.54) is 76.0 Å². The normalized spacial score (nSPS) is 11.0. The van der Waals surface area contributed by atoms with Gasteiger partial charge in [-0.15, -0.1) is 0 Å². The number of benzene rings is 2. The molecule has 0 unspecified atom stereocenters. The van der Waals surface area contributed by atoms with Gasteiger partial charge in [-0.05, 0) is 44.5 Å². The highest BCUT2D eigenvalue weighted by molar-refractivity contribution is 7.09. The number of amides is 1. The van der Waals surface area contributed by atoms with Crippen molar-refractivity contribution in [3.8, 4) is 5.75 Å². The highest BCUT2D eigenvalue weighted by Crippen LogP contribution is 2.30. The number of nitrogens with zero attached hydrogens (tertiary/aromatic N) is 1. The molecule has 3 aromatic rings. The number of unbranched alkanes of at least 4 members (excludes halogenated alkanes) is 11.